The summed E-state index contributed by atoms with van der Waals surface area (Å²) in [5.41, 5.74) is 0. The Labute approximate surface area is 366 Å². The Hall–Kier alpha value is 1.05. The molecular formula is C52H110S3. The van der Waals surface area contributed by atoms with Crippen molar-refractivity contribution in [3.05, 3.63) is 0 Å². The van der Waals surface area contributed by atoms with Crippen molar-refractivity contribution in [1.29, 1.82) is 0 Å². The zero-order chi connectivity index (χ0) is 40.6. The van der Waals surface area contributed by atoms with Crippen LogP contribution in [0.2, 0.25) is 0 Å². The molecule has 0 N–H and O–H groups in total. The van der Waals surface area contributed by atoms with Crippen LogP contribution in [-0.2, 0) is 0 Å². The van der Waals surface area contributed by atoms with Gasteiger partial charge in [-0.2, -0.15) is 35.3 Å². The molecule has 0 aromatic rings. The van der Waals surface area contributed by atoms with Gasteiger partial charge in [0.1, 0.15) is 0 Å². The summed E-state index contributed by atoms with van der Waals surface area (Å²) in [5, 5.41) is 0. The summed E-state index contributed by atoms with van der Waals surface area (Å²) in [7, 11) is 0. The van der Waals surface area contributed by atoms with Gasteiger partial charge in [0.25, 0.3) is 0 Å². The largest absolute Gasteiger partial charge is 0.165 e. The third-order valence-electron chi connectivity index (χ3n) is 11.4. The van der Waals surface area contributed by atoms with Crippen LogP contribution in [0, 0.1) is 0 Å². The summed E-state index contributed by atoms with van der Waals surface area (Å²) in [5.74, 6) is 4.08. The number of rotatable bonds is 46. The zero-order valence-electron chi connectivity index (χ0n) is 39.8. The van der Waals surface area contributed by atoms with E-state index in [2.05, 4.69) is 39.5 Å². The van der Waals surface area contributed by atoms with Gasteiger partial charge in [0, 0.05) is 0 Å². The fraction of sp³-hybridized carbons (Fsp3) is 1.00. The number of unbranched alkanes of at least 4 members (excludes halogenated alkanes) is 40. The first-order chi connectivity index (χ1) is 27.2. The lowest BCUT2D eigenvalue weighted by Crippen LogP contribution is -1.84. The van der Waals surface area contributed by atoms with Crippen LogP contribution in [0.25, 0.3) is 0 Å². The Morgan fingerprint density at radius 2 is 0.273 bits per heavy atom. The van der Waals surface area contributed by atoms with Crippen molar-refractivity contribution in [2.45, 2.75) is 297 Å². The third kappa shape index (κ3) is 70.0. The molecule has 0 atom stereocenters. The molecule has 0 rings (SSSR count). The Bertz CT molecular complexity index is 519. The van der Waals surface area contributed by atoms with Crippen molar-refractivity contribution in [2.24, 2.45) is 0 Å². The molecule has 0 aliphatic heterocycles. The van der Waals surface area contributed by atoms with E-state index in [9.17, 15) is 0 Å². The van der Waals surface area contributed by atoms with Gasteiger partial charge in [0.15, 0.2) is 0 Å². The molecule has 0 aromatic carbocycles. The first-order valence-electron chi connectivity index (χ1n) is 25.7. The van der Waals surface area contributed by atoms with Gasteiger partial charge in [-0.1, -0.05) is 278 Å². The molecule has 336 valence electrons. The van der Waals surface area contributed by atoms with Crippen LogP contribution in [0.5, 0.6) is 0 Å². The Balaban J connectivity index is -0.000000753. The smallest absolute Gasteiger partial charge is 0.00703 e. The van der Waals surface area contributed by atoms with Crippen molar-refractivity contribution in [2.75, 3.05) is 36.0 Å². The van der Waals surface area contributed by atoms with E-state index >= 15 is 0 Å². The van der Waals surface area contributed by atoms with E-state index in [0.717, 1.165) is 0 Å². The van der Waals surface area contributed by atoms with Crippen molar-refractivity contribution in [3.8, 4) is 0 Å². The highest BCUT2D eigenvalue weighted by Gasteiger charge is 1.97. The lowest BCUT2D eigenvalue weighted by atomic mass is 10.0. The highest BCUT2D eigenvalue weighted by Crippen LogP contribution is 2.16. The molecule has 0 spiro atoms. The van der Waals surface area contributed by atoms with E-state index in [1.54, 1.807) is 0 Å². The molecule has 0 aromatic heterocycles. The first kappa shape index (κ1) is 60.4. The highest BCUT2D eigenvalue weighted by atomic mass is 32.2. The Morgan fingerprint density at radius 1 is 0.164 bits per heavy atom. The fourth-order valence-electron chi connectivity index (χ4n) is 7.50. The molecule has 0 bridgehead atoms. The van der Waals surface area contributed by atoms with E-state index in [1.807, 2.05) is 35.3 Å². The summed E-state index contributed by atoms with van der Waals surface area (Å²) in [6.45, 7) is 6.88. The lowest BCUT2D eigenvalue weighted by molar-refractivity contribution is 0.529. The molecule has 0 saturated heterocycles. The topological polar surface area (TPSA) is 0 Å². The highest BCUT2D eigenvalue weighted by molar-refractivity contribution is 7.98. The van der Waals surface area contributed by atoms with Crippen LogP contribution in [0.1, 0.15) is 297 Å². The van der Waals surface area contributed by atoms with Crippen LogP contribution in [0.4, 0.5) is 0 Å². The van der Waals surface area contributed by atoms with Gasteiger partial charge in [0.05, 0.1) is 0 Å². The normalized spacial score (nSPS) is 11.0. The molecule has 0 saturated carbocycles. The first-order valence-corrected chi connectivity index (χ1v) is 29.9. The summed E-state index contributed by atoms with van der Waals surface area (Å²) in [6.07, 6.45) is 69.6. The molecule has 0 unspecified atom stereocenters. The van der Waals surface area contributed by atoms with Crippen molar-refractivity contribution in [3.63, 3.8) is 0 Å². The third-order valence-corrected chi connectivity index (χ3v) is 13.4. The van der Waals surface area contributed by atoms with Gasteiger partial charge in [-0.3, -0.25) is 0 Å². The van der Waals surface area contributed by atoms with Crippen LogP contribution in [-0.4, -0.2) is 36.0 Å². The van der Waals surface area contributed by atoms with E-state index in [-0.39, 0.29) is 0 Å². The van der Waals surface area contributed by atoms with Crippen LogP contribution >= 0.6 is 35.3 Å². The monoisotopic (exact) mass is 831 g/mol. The number of hydrogen-bond acceptors (Lipinski definition) is 3. The maximum atomic E-state index is 2.30. The average Bonchev–Trinajstić information content (AvgIpc) is 3.20. The van der Waals surface area contributed by atoms with Crippen molar-refractivity contribution >= 4 is 35.3 Å². The average molecular weight is 832 g/mol. The minimum absolute atomic E-state index is 1.36. The SMILES string of the molecule is CCCCCCCCCCCCCCCCCCCSC.CCCCCCCCCCCCCCCCCCSC.CCCCCCCCCCCCSC. The molecule has 0 aliphatic carbocycles. The van der Waals surface area contributed by atoms with Crippen LogP contribution < -0.4 is 0 Å². The Kier molecular flexibility index (Phi) is 70.5. The summed E-state index contributed by atoms with van der Waals surface area (Å²) >= 11 is 5.96. The van der Waals surface area contributed by atoms with Gasteiger partial charge in [-0.15, -0.1) is 0 Å². The predicted molar refractivity (Wildman–Crippen MR) is 271 cm³/mol. The zero-order valence-corrected chi connectivity index (χ0v) is 42.2. The molecule has 55 heavy (non-hydrogen) atoms. The molecule has 0 aliphatic rings. The number of hydrogen-bond donors (Lipinski definition) is 0. The second-order valence-corrected chi connectivity index (χ2v) is 20.1. The molecule has 0 radical (unpaired) electrons. The van der Waals surface area contributed by atoms with E-state index in [0.29, 0.717) is 0 Å². The van der Waals surface area contributed by atoms with Gasteiger partial charge in [-0.05, 0) is 55.3 Å². The second kappa shape index (κ2) is 64.2. The minimum Gasteiger partial charge on any atom is -0.165 e. The molecule has 0 amide bonds. The maximum Gasteiger partial charge on any atom is -0.00703 e. The quantitative estimate of drug-likeness (QED) is 0.0561. The number of thioether (sulfide) groups is 3. The minimum atomic E-state index is 1.36. The molecular weight excluding hydrogens is 721 g/mol. The predicted octanol–water partition coefficient (Wildman–Crippen LogP) is 20.9. The Morgan fingerprint density at radius 3 is 0.382 bits per heavy atom. The van der Waals surface area contributed by atoms with Gasteiger partial charge >= 0.3 is 0 Å². The summed E-state index contributed by atoms with van der Waals surface area (Å²) in [4.78, 5) is 0. The van der Waals surface area contributed by atoms with Crippen LogP contribution in [0.3, 0.4) is 0 Å². The molecule has 0 fully saturated rings. The standard InChI is InChI=1S/C20H42S.C19H40S.C13H28S/c1-3-4-5-6-7-8-9-10-11-12-13-14-15-16-17-18-19-20-21-2;1-3-4-5-6-7-8-9-10-11-12-13-14-15-16-17-18-19-20-2;1-3-4-5-6-7-8-9-10-11-12-13-14-2/h3-20H2,1-2H3;3-19H2,1-2H3;3-13H2,1-2H3. The molecule has 3 heteroatoms. The molecule has 0 nitrogen and oxygen atoms in total. The molecule has 0 heterocycles. The van der Waals surface area contributed by atoms with Crippen molar-refractivity contribution in [1.82, 2.24) is 0 Å². The maximum absolute atomic E-state index is 2.30. The van der Waals surface area contributed by atoms with E-state index < -0.39 is 0 Å². The van der Waals surface area contributed by atoms with E-state index in [4.69, 9.17) is 0 Å². The van der Waals surface area contributed by atoms with Crippen molar-refractivity contribution < 1.29 is 0 Å². The fourth-order valence-corrected chi connectivity index (χ4v) is 8.98. The summed E-state index contributed by atoms with van der Waals surface area (Å²) < 4.78 is 0. The van der Waals surface area contributed by atoms with Crippen LogP contribution in [0.15, 0.2) is 0 Å². The second-order valence-electron chi connectivity index (χ2n) is 17.1. The van der Waals surface area contributed by atoms with Gasteiger partial charge in [-0.25, -0.2) is 0 Å². The van der Waals surface area contributed by atoms with Gasteiger partial charge in [0.2, 0.25) is 0 Å². The lowest BCUT2D eigenvalue weighted by Gasteiger charge is -2.03. The van der Waals surface area contributed by atoms with Gasteiger partial charge < -0.3 is 0 Å². The summed E-state index contributed by atoms with van der Waals surface area (Å²) in [6, 6.07) is 0. The van der Waals surface area contributed by atoms with E-state index in [1.165, 1.54) is 293 Å².